The SMILES string of the molecule is Brc1ncc(Br)c2c1cnn2C1CCCCO1. The van der Waals surface area contributed by atoms with Gasteiger partial charge in [-0.15, -0.1) is 0 Å². The minimum Gasteiger partial charge on any atom is -0.356 e. The molecule has 1 aliphatic rings. The molecule has 0 saturated carbocycles. The minimum absolute atomic E-state index is 0.0480. The van der Waals surface area contributed by atoms with Crippen LogP contribution in [-0.4, -0.2) is 21.4 Å². The lowest BCUT2D eigenvalue weighted by Gasteiger charge is -2.23. The summed E-state index contributed by atoms with van der Waals surface area (Å²) in [5.41, 5.74) is 1.04. The highest BCUT2D eigenvalue weighted by molar-refractivity contribution is 9.11. The van der Waals surface area contributed by atoms with E-state index in [0.29, 0.717) is 0 Å². The van der Waals surface area contributed by atoms with E-state index in [2.05, 4.69) is 41.9 Å². The van der Waals surface area contributed by atoms with Gasteiger partial charge in [-0.25, -0.2) is 9.67 Å². The van der Waals surface area contributed by atoms with Crippen LogP contribution in [0.5, 0.6) is 0 Å². The quantitative estimate of drug-likeness (QED) is 0.728. The molecule has 0 spiro atoms. The van der Waals surface area contributed by atoms with Gasteiger partial charge in [-0.05, 0) is 51.1 Å². The van der Waals surface area contributed by atoms with Gasteiger partial charge in [-0.3, -0.25) is 0 Å². The Kier molecular flexibility index (Phi) is 3.19. The maximum absolute atomic E-state index is 5.77. The van der Waals surface area contributed by atoms with E-state index in [1.54, 1.807) is 6.20 Å². The average Bonchev–Trinajstić information content (AvgIpc) is 2.81. The molecule has 6 heteroatoms. The van der Waals surface area contributed by atoms with E-state index in [1.807, 2.05) is 10.9 Å². The molecule has 0 radical (unpaired) electrons. The lowest BCUT2D eigenvalue weighted by molar-refractivity contribution is -0.0367. The number of ether oxygens (including phenoxy) is 1. The molecule has 0 amide bonds. The normalized spacial score (nSPS) is 20.9. The monoisotopic (exact) mass is 359 g/mol. The summed E-state index contributed by atoms with van der Waals surface area (Å²) in [4.78, 5) is 4.24. The second-order valence-corrected chi connectivity index (χ2v) is 5.68. The summed E-state index contributed by atoms with van der Waals surface area (Å²) in [6.45, 7) is 0.815. The first-order chi connectivity index (χ1) is 8.27. The zero-order chi connectivity index (χ0) is 11.8. The third kappa shape index (κ3) is 2.02. The molecule has 17 heavy (non-hydrogen) atoms. The van der Waals surface area contributed by atoms with Crippen molar-refractivity contribution in [3.8, 4) is 0 Å². The number of pyridine rings is 1. The highest BCUT2D eigenvalue weighted by Crippen LogP contribution is 2.32. The predicted molar refractivity (Wildman–Crippen MR) is 71.8 cm³/mol. The van der Waals surface area contributed by atoms with Crippen LogP contribution in [0.2, 0.25) is 0 Å². The van der Waals surface area contributed by atoms with Gasteiger partial charge in [0.1, 0.15) is 4.60 Å². The summed E-state index contributed by atoms with van der Waals surface area (Å²) in [6, 6.07) is 0. The third-order valence-corrected chi connectivity index (χ3v) is 4.18. The molecule has 0 N–H and O–H groups in total. The number of hydrogen-bond donors (Lipinski definition) is 0. The predicted octanol–water partition coefficient (Wildman–Crippen LogP) is 3.66. The van der Waals surface area contributed by atoms with Crippen molar-refractivity contribution >= 4 is 42.8 Å². The van der Waals surface area contributed by atoms with E-state index in [-0.39, 0.29) is 6.23 Å². The minimum atomic E-state index is 0.0480. The van der Waals surface area contributed by atoms with Crippen LogP contribution in [0.25, 0.3) is 10.9 Å². The number of aromatic nitrogens is 3. The molecule has 90 valence electrons. The first kappa shape index (κ1) is 11.6. The molecule has 2 aromatic heterocycles. The van der Waals surface area contributed by atoms with Gasteiger partial charge in [0.2, 0.25) is 0 Å². The topological polar surface area (TPSA) is 39.9 Å². The summed E-state index contributed by atoms with van der Waals surface area (Å²) in [5, 5.41) is 5.44. The van der Waals surface area contributed by atoms with E-state index in [4.69, 9.17) is 4.74 Å². The Morgan fingerprint density at radius 2 is 2.18 bits per heavy atom. The summed E-state index contributed by atoms with van der Waals surface area (Å²) in [6.07, 6.45) is 7.01. The van der Waals surface area contributed by atoms with Crippen molar-refractivity contribution < 1.29 is 4.74 Å². The van der Waals surface area contributed by atoms with Crippen molar-refractivity contribution in [3.05, 3.63) is 21.5 Å². The van der Waals surface area contributed by atoms with Gasteiger partial charge in [0.25, 0.3) is 0 Å². The fraction of sp³-hybridized carbons (Fsp3) is 0.455. The van der Waals surface area contributed by atoms with Gasteiger partial charge < -0.3 is 4.74 Å². The Morgan fingerprint density at radius 3 is 2.94 bits per heavy atom. The van der Waals surface area contributed by atoms with E-state index in [0.717, 1.165) is 39.4 Å². The Hall–Kier alpha value is -0.460. The Balaban J connectivity index is 2.13. The van der Waals surface area contributed by atoms with Crippen LogP contribution in [0.3, 0.4) is 0 Å². The second-order valence-electron chi connectivity index (χ2n) is 4.07. The van der Waals surface area contributed by atoms with Crippen LogP contribution in [0, 0.1) is 0 Å². The van der Waals surface area contributed by atoms with Crippen molar-refractivity contribution in [2.24, 2.45) is 0 Å². The fourth-order valence-corrected chi connectivity index (χ4v) is 3.02. The number of hydrogen-bond acceptors (Lipinski definition) is 3. The van der Waals surface area contributed by atoms with Crippen molar-refractivity contribution in [1.82, 2.24) is 14.8 Å². The molecule has 1 atom stereocenters. The number of rotatable bonds is 1. The summed E-state index contributed by atoms with van der Waals surface area (Å²) >= 11 is 6.97. The molecule has 0 aromatic carbocycles. The maximum Gasteiger partial charge on any atom is 0.150 e. The average molecular weight is 361 g/mol. The lowest BCUT2D eigenvalue weighted by Crippen LogP contribution is -2.19. The van der Waals surface area contributed by atoms with Crippen LogP contribution in [0.4, 0.5) is 0 Å². The fourth-order valence-electron chi connectivity index (χ4n) is 2.13. The maximum atomic E-state index is 5.77. The standard InChI is InChI=1S/C11H11Br2N3O/c12-8-6-14-11(13)7-5-15-16(10(7)8)9-3-1-2-4-17-9/h5-6,9H,1-4H2. The zero-order valence-corrected chi connectivity index (χ0v) is 12.2. The summed E-state index contributed by atoms with van der Waals surface area (Å²) in [5.74, 6) is 0. The number of nitrogens with zero attached hydrogens (tertiary/aromatic N) is 3. The molecule has 4 nitrogen and oxygen atoms in total. The van der Waals surface area contributed by atoms with Crippen molar-refractivity contribution in [3.63, 3.8) is 0 Å². The van der Waals surface area contributed by atoms with E-state index < -0.39 is 0 Å². The van der Waals surface area contributed by atoms with Crippen LogP contribution >= 0.6 is 31.9 Å². The highest BCUT2D eigenvalue weighted by Gasteiger charge is 2.20. The molecule has 1 unspecified atom stereocenters. The molecular weight excluding hydrogens is 350 g/mol. The van der Waals surface area contributed by atoms with E-state index in [9.17, 15) is 0 Å². The van der Waals surface area contributed by atoms with Gasteiger partial charge >= 0.3 is 0 Å². The first-order valence-electron chi connectivity index (χ1n) is 5.56. The van der Waals surface area contributed by atoms with Gasteiger partial charge in [-0.1, -0.05) is 0 Å². The van der Waals surface area contributed by atoms with Crippen LogP contribution < -0.4 is 0 Å². The largest absolute Gasteiger partial charge is 0.356 e. The molecule has 1 aliphatic heterocycles. The third-order valence-electron chi connectivity index (χ3n) is 2.96. The molecular formula is C11H11Br2N3O. The van der Waals surface area contributed by atoms with Gasteiger partial charge in [0.15, 0.2) is 6.23 Å². The highest BCUT2D eigenvalue weighted by atomic mass is 79.9. The zero-order valence-electron chi connectivity index (χ0n) is 9.07. The van der Waals surface area contributed by atoms with E-state index >= 15 is 0 Å². The Labute approximate surface area is 116 Å². The number of halogens is 2. The summed E-state index contributed by atoms with van der Waals surface area (Å²) < 4.78 is 9.48. The molecule has 0 aliphatic carbocycles. The van der Waals surface area contributed by atoms with Gasteiger partial charge in [-0.2, -0.15) is 5.10 Å². The smallest absolute Gasteiger partial charge is 0.150 e. The van der Waals surface area contributed by atoms with Crippen molar-refractivity contribution in [2.75, 3.05) is 6.61 Å². The second kappa shape index (κ2) is 4.66. The molecule has 2 aromatic rings. The Bertz CT molecular complexity index is 549. The first-order valence-corrected chi connectivity index (χ1v) is 7.15. The van der Waals surface area contributed by atoms with Crippen LogP contribution in [0.1, 0.15) is 25.5 Å². The van der Waals surface area contributed by atoms with Crippen molar-refractivity contribution in [2.45, 2.75) is 25.5 Å². The molecule has 0 bridgehead atoms. The molecule has 1 saturated heterocycles. The summed E-state index contributed by atoms with van der Waals surface area (Å²) in [7, 11) is 0. The van der Waals surface area contributed by atoms with Crippen LogP contribution in [0.15, 0.2) is 21.5 Å². The number of fused-ring (bicyclic) bond motifs is 1. The van der Waals surface area contributed by atoms with Gasteiger partial charge in [0, 0.05) is 12.8 Å². The van der Waals surface area contributed by atoms with Crippen molar-refractivity contribution in [1.29, 1.82) is 0 Å². The van der Waals surface area contributed by atoms with Crippen LogP contribution in [-0.2, 0) is 4.74 Å². The lowest BCUT2D eigenvalue weighted by atomic mass is 10.2. The molecule has 3 rings (SSSR count). The Morgan fingerprint density at radius 1 is 1.29 bits per heavy atom. The molecule has 3 heterocycles. The molecule has 1 fully saturated rings. The van der Waals surface area contributed by atoms with Gasteiger partial charge in [0.05, 0.1) is 21.6 Å². The van der Waals surface area contributed by atoms with E-state index in [1.165, 1.54) is 6.42 Å².